The van der Waals surface area contributed by atoms with Gasteiger partial charge in [0.05, 0.1) is 34.9 Å². The lowest BCUT2D eigenvalue weighted by Gasteiger charge is -2.23. The molecule has 0 unspecified atom stereocenters. The van der Waals surface area contributed by atoms with E-state index in [-0.39, 0.29) is 19.6 Å². The molecule has 0 atom stereocenters. The van der Waals surface area contributed by atoms with Crippen LogP contribution in [0.3, 0.4) is 0 Å². The van der Waals surface area contributed by atoms with Crippen molar-refractivity contribution in [2.45, 2.75) is 40.4 Å². The molecule has 4 aromatic carbocycles. The van der Waals surface area contributed by atoms with E-state index < -0.39 is 18.1 Å². The quantitative estimate of drug-likeness (QED) is 0.126. The van der Waals surface area contributed by atoms with E-state index in [2.05, 4.69) is 31.9 Å². The molecule has 12 nitrogen and oxygen atoms in total. The van der Waals surface area contributed by atoms with Gasteiger partial charge in [0, 0.05) is 36.7 Å². The minimum Gasteiger partial charge on any atom is -0.334 e. The Balaban J connectivity index is 1.53. The number of anilines is 3. The van der Waals surface area contributed by atoms with Gasteiger partial charge in [-0.3, -0.25) is 0 Å². The highest BCUT2D eigenvalue weighted by Crippen LogP contribution is 2.28. The van der Waals surface area contributed by atoms with Gasteiger partial charge in [-0.05, 0) is 127 Å². The summed E-state index contributed by atoms with van der Waals surface area (Å²) in [5.74, 6) is 0. The van der Waals surface area contributed by atoms with Crippen molar-refractivity contribution in [1.29, 1.82) is 15.8 Å². The van der Waals surface area contributed by atoms with E-state index in [1.807, 2.05) is 39.0 Å². The average molecular weight is 640 g/mol. The number of benzene rings is 4. The van der Waals surface area contributed by atoms with Crippen LogP contribution in [-0.2, 0) is 19.6 Å². The van der Waals surface area contributed by atoms with E-state index in [0.29, 0.717) is 33.8 Å². The fourth-order valence-corrected chi connectivity index (χ4v) is 5.10. The van der Waals surface area contributed by atoms with E-state index in [9.17, 15) is 14.4 Å². The molecular formula is C36H33N9O3. The molecule has 240 valence electrons. The summed E-state index contributed by atoms with van der Waals surface area (Å²) in [5, 5.41) is 44.0. The molecule has 0 spiro atoms. The Morgan fingerprint density at radius 2 is 0.688 bits per heavy atom. The predicted molar refractivity (Wildman–Crippen MR) is 182 cm³/mol. The molecule has 6 N–H and O–H groups in total. The molecule has 0 bridgehead atoms. The highest BCUT2D eigenvalue weighted by Gasteiger charge is 2.19. The van der Waals surface area contributed by atoms with Gasteiger partial charge in [-0.15, -0.1) is 0 Å². The van der Waals surface area contributed by atoms with Gasteiger partial charge in [0.1, 0.15) is 0 Å². The summed E-state index contributed by atoms with van der Waals surface area (Å²) < 4.78 is 0. The number of hydrogen-bond donors (Lipinski definition) is 6. The van der Waals surface area contributed by atoms with Crippen LogP contribution in [0.25, 0.3) is 0 Å². The molecule has 4 aromatic rings. The van der Waals surface area contributed by atoms with E-state index >= 15 is 0 Å². The van der Waals surface area contributed by atoms with Gasteiger partial charge in [-0.1, -0.05) is 0 Å². The first-order chi connectivity index (χ1) is 23.1. The fourth-order valence-electron chi connectivity index (χ4n) is 5.10. The number of hydrogen-bond acceptors (Lipinski definition) is 6. The van der Waals surface area contributed by atoms with Crippen LogP contribution in [0.1, 0.15) is 50.1 Å². The standard InChI is InChI=1S/C36H33N9O3/c1-22-31(19-40-34(46)43-28-10-4-25(16-37)5-11-28)23(2)33(21-42-36(48)45-30-14-8-27(18-39)9-15-30)24(3)32(22)20-41-35(47)44-29-12-6-26(17-38)7-13-29/h4-15H,19-21H2,1-3H3,(H2,40,43,46)(H2,41,44,47)(H2,42,45,48). The molecule has 0 aromatic heterocycles. The van der Waals surface area contributed by atoms with Gasteiger partial charge < -0.3 is 31.9 Å². The third-order valence-electron chi connectivity index (χ3n) is 7.81. The highest BCUT2D eigenvalue weighted by molar-refractivity contribution is 5.90. The van der Waals surface area contributed by atoms with Gasteiger partial charge in [0.25, 0.3) is 0 Å². The minimum absolute atomic E-state index is 0.162. The molecule has 0 saturated carbocycles. The number of nitrogens with zero attached hydrogens (tertiary/aromatic N) is 3. The van der Waals surface area contributed by atoms with E-state index in [4.69, 9.17) is 15.8 Å². The Morgan fingerprint density at radius 1 is 0.458 bits per heavy atom. The monoisotopic (exact) mass is 639 g/mol. The Bertz CT molecular complexity index is 1700. The zero-order valence-corrected chi connectivity index (χ0v) is 26.6. The van der Waals surface area contributed by atoms with Gasteiger partial charge >= 0.3 is 18.1 Å². The van der Waals surface area contributed by atoms with Crippen LogP contribution in [-0.4, -0.2) is 18.1 Å². The molecule has 0 heterocycles. The summed E-state index contributed by atoms with van der Waals surface area (Å²) in [5.41, 5.74) is 8.09. The van der Waals surface area contributed by atoms with Crippen molar-refractivity contribution in [2.75, 3.05) is 16.0 Å². The van der Waals surface area contributed by atoms with Crippen molar-refractivity contribution in [1.82, 2.24) is 16.0 Å². The molecular weight excluding hydrogens is 606 g/mol. The molecule has 0 radical (unpaired) electrons. The minimum atomic E-state index is -0.443. The predicted octanol–water partition coefficient (Wildman–Crippen LogP) is 6.19. The van der Waals surface area contributed by atoms with Crippen LogP contribution in [0.4, 0.5) is 31.4 Å². The Kier molecular flexibility index (Phi) is 11.3. The van der Waals surface area contributed by atoms with Gasteiger partial charge in [-0.2, -0.15) is 15.8 Å². The number of carbonyl (C=O) groups is 3. The number of urea groups is 3. The van der Waals surface area contributed by atoms with Crippen molar-refractivity contribution in [3.8, 4) is 18.2 Å². The average Bonchev–Trinajstić information content (AvgIpc) is 3.09. The van der Waals surface area contributed by atoms with Crippen LogP contribution >= 0.6 is 0 Å². The first-order valence-corrected chi connectivity index (χ1v) is 14.9. The topological polar surface area (TPSA) is 195 Å². The maximum Gasteiger partial charge on any atom is 0.319 e. The van der Waals surface area contributed by atoms with Crippen LogP contribution in [0.5, 0.6) is 0 Å². The van der Waals surface area contributed by atoms with Crippen molar-refractivity contribution >= 4 is 35.2 Å². The third kappa shape index (κ3) is 8.87. The first kappa shape index (κ1) is 34.0. The Hall–Kier alpha value is -6.84. The number of rotatable bonds is 9. The summed E-state index contributed by atoms with van der Waals surface area (Å²) in [6.45, 7) is 6.23. The molecule has 0 saturated heterocycles. The summed E-state index contributed by atoms with van der Waals surface area (Å²) in [6.07, 6.45) is 0. The normalized spacial score (nSPS) is 10.0. The summed E-state index contributed by atoms with van der Waals surface area (Å²) in [4.78, 5) is 38.4. The van der Waals surface area contributed by atoms with Gasteiger partial charge in [0.15, 0.2) is 0 Å². The third-order valence-corrected chi connectivity index (χ3v) is 7.81. The smallest absolute Gasteiger partial charge is 0.319 e. The van der Waals surface area contributed by atoms with Gasteiger partial charge in [-0.25, -0.2) is 14.4 Å². The van der Waals surface area contributed by atoms with E-state index in [1.54, 1.807) is 72.8 Å². The van der Waals surface area contributed by atoms with E-state index in [0.717, 1.165) is 33.4 Å². The molecule has 12 heteroatoms. The second kappa shape index (κ2) is 15.9. The lowest BCUT2D eigenvalue weighted by atomic mass is 9.88. The number of nitrogens with one attached hydrogen (secondary N) is 6. The summed E-state index contributed by atoms with van der Waals surface area (Å²) in [6, 6.07) is 24.3. The number of nitriles is 3. The first-order valence-electron chi connectivity index (χ1n) is 14.9. The van der Waals surface area contributed by atoms with E-state index in [1.165, 1.54) is 0 Å². The zero-order valence-electron chi connectivity index (χ0n) is 26.6. The second-order valence-electron chi connectivity index (χ2n) is 10.8. The molecule has 0 fully saturated rings. The fraction of sp³-hybridized carbons (Fsp3) is 0.167. The molecule has 0 aliphatic rings. The highest BCUT2D eigenvalue weighted by atomic mass is 16.2. The zero-order chi connectivity index (χ0) is 34.6. The molecule has 4 rings (SSSR count). The van der Waals surface area contributed by atoms with Crippen molar-refractivity contribution < 1.29 is 14.4 Å². The lowest BCUT2D eigenvalue weighted by molar-refractivity contribution is 0.251. The maximum atomic E-state index is 12.8. The maximum absolute atomic E-state index is 12.8. The van der Waals surface area contributed by atoms with Gasteiger partial charge in [0.2, 0.25) is 0 Å². The Labute approximate surface area is 278 Å². The van der Waals surface area contributed by atoms with Crippen LogP contribution in [0.2, 0.25) is 0 Å². The molecule has 6 amide bonds. The van der Waals surface area contributed by atoms with Crippen molar-refractivity contribution in [3.63, 3.8) is 0 Å². The SMILES string of the molecule is Cc1c(CNC(=O)Nc2ccc(C#N)cc2)c(C)c(CNC(=O)Nc2ccc(C#N)cc2)c(C)c1CNC(=O)Nc1ccc(C#N)cc1. The Morgan fingerprint density at radius 3 is 0.896 bits per heavy atom. The number of amides is 6. The van der Waals surface area contributed by atoms with Crippen LogP contribution < -0.4 is 31.9 Å². The second-order valence-corrected chi connectivity index (χ2v) is 10.8. The van der Waals surface area contributed by atoms with Crippen LogP contribution in [0, 0.1) is 54.8 Å². The summed E-state index contributed by atoms with van der Waals surface area (Å²) in [7, 11) is 0. The van der Waals surface area contributed by atoms with Crippen molar-refractivity contribution in [2.24, 2.45) is 0 Å². The van der Waals surface area contributed by atoms with Crippen molar-refractivity contribution in [3.05, 3.63) is 123 Å². The molecule has 0 aliphatic carbocycles. The number of carbonyl (C=O) groups excluding carboxylic acids is 3. The van der Waals surface area contributed by atoms with Crippen LogP contribution in [0.15, 0.2) is 72.8 Å². The molecule has 0 aliphatic heterocycles. The molecule has 48 heavy (non-hydrogen) atoms. The largest absolute Gasteiger partial charge is 0.334 e. The summed E-state index contributed by atoms with van der Waals surface area (Å²) >= 11 is 0. The lowest BCUT2D eigenvalue weighted by Crippen LogP contribution is -2.32.